The maximum atomic E-state index is 9.04. The highest BCUT2D eigenvalue weighted by Gasteiger charge is 2.30. The van der Waals surface area contributed by atoms with E-state index in [4.69, 9.17) is 28.1 Å². The molecule has 0 amide bonds. The topological polar surface area (TPSA) is 126 Å². The Morgan fingerprint density at radius 3 is 0.958 bits per heavy atom. The van der Waals surface area contributed by atoms with Gasteiger partial charge in [-0.25, -0.2) is 6.57 Å². The van der Waals surface area contributed by atoms with Gasteiger partial charge < -0.3 is 5.73 Å². The van der Waals surface area contributed by atoms with Crippen molar-refractivity contribution >= 4 is 0 Å². The molecule has 428 valence electrons. The van der Waals surface area contributed by atoms with Gasteiger partial charge in [-0.15, -0.1) is 11.7 Å². The van der Waals surface area contributed by atoms with Gasteiger partial charge in [-0.1, -0.05) is 158 Å². The molecule has 72 heavy (non-hydrogen) atoms. The lowest BCUT2D eigenvalue weighted by atomic mass is 9.73. The van der Waals surface area contributed by atoms with Gasteiger partial charge in [0.1, 0.15) is 0 Å². The SMILES string of the molecule is C.C=C(C)CC(C)(C)CC(C)C.CC(C)CC(C)(C)CC(C)CC(C)(C)C#N.CC(C)CC(C)(C)CC(C)CC(C)(C)C#N.CC(C)CC(C)(C)CC(C)CC(C)(C)CN.[C-]#[N+]C(C)(C)N=NC(C)(C)C#N.[HH].[HH]. The van der Waals surface area contributed by atoms with Crippen molar-refractivity contribution in [2.24, 2.45) is 95.3 Å². The van der Waals surface area contributed by atoms with Crippen molar-refractivity contribution < 1.29 is 2.85 Å². The molecule has 0 spiro atoms. The molecule has 2 N–H and O–H groups in total. The van der Waals surface area contributed by atoms with Crippen LogP contribution < -0.4 is 5.73 Å². The fraction of sp³-hybridized carbons (Fsp3) is 0.908. The fourth-order valence-electron chi connectivity index (χ4n) is 11.8. The Kier molecular flexibility index (Phi) is 39.8. The average molecular weight is 1010 g/mol. The van der Waals surface area contributed by atoms with Crippen LogP contribution in [0.5, 0.6) is 0 Å². The average Bonchev–Trinajstić information content (AvgIpc) is 3.10. The van der Waals surface area contributed by atoms with Gasteiger partial charge in [0, 0.05) is 16.7 Å². The Morgan fingerprint density at radius 2 is 0.736 bits per heavy atom. The van der Waals surface area contributed by atoms with Crippen molar-refractivity contribution in [3.05, 3.63) is 23.6 Å². The van der Waals surface area contributed by atoms with Crippen LogP contribution in [-0.4, -0.2) is 17.7 Å². The minimum absolute atomic E-state index is 0. The zero-order valence-electron chi connectivity index (χ0n) is 53.5. The molecule has 0 aromatic rings. The van der Waals surface area contributed by atoms with Gasteiger partial charge >= 0.3 is 5.66 Å². The lowest BCUT2D eigenvalue weighted by molar-refractivity contribution is 0.186. The molecule has 0 aromatic carbocycles. The van der Waals surface area contributed by atoms with Crippen LogP contribution in [0.3, 0.4) is 0 Å². The normalized spacial score (nSPS) is 14.0. The van der Waals surface area contributed by atoms with Gasteiger partial charge in [-0.2, -0.15) is 20.9 Å². The number of nitrogens with zero attached hydrogens (tertiary/aromatic N) is 6. The molecule has 7 heteroatoms. The van der Waals surface area contributed by atoms with E-state index in [1.807, 2.05) is 33.8 Å². The Balaban J connectivity index is -0.000000122. The molecule has 3 atom stereocenters. The van der Waals surface area contributed by atoms with Crippen LogP contribution in [0.1, 0.15) is 289 Å². The molecule has 0 aliphatic carbocycles. The number of hydrogen-bond acceptors (Lipinski definition) is 6. The third kappa shape index (κ3) is 53.5. The van der Waals surface area contributed by atoms with Gasteiger partial charge in [0.15, 0.2) is 5.54 Å². The summed E-state index contributed by atoms with van der Waals surface area (Å²) in [4.78, 5) is 3.24. The van der Waals surface area contributed by atoms with Crippen LogP contribution in [0.15, 0.2) is 22.4 Å². The lowest BCUT2D eigenvalue weighted by Crippen LogP contribution is -2.28. The number of nitriles is 3. The minimum atomic E-state index is -0.853. The van der Waals surface area contributed by atoms with Crippen molar-refractivity contribution in [2.45, 2.75) is 297 Å². The zero-order chi connectivity index (χ0) is 57.8. The Hall–Kier alpha value is -2.74. The summed E-state index contributed by atoms with van der Waals surface area (Å²) < 4.78 is 0. The second kappa shape index (κ2) is 35.5. The summed E-state index contributed by atoms with van der Waals surface area (Å²) in [6.45, 7) is 77.0. The third-order valence-corrected chi connectivity index (χ3v) is 12.2. The van der Waals surface area contributed by atoms with Gasteiger partial charge in [-0.05, 0) is 194 Å². The van der Waals surface area contributed by atoms with Crippen LogP contribution in [0.4, 0.5) is 0 Å². The molecule has 7 nitrogen and oxygen atoms in total. The van der Waals surface area contributed by atoms with Crippen LogP contribution in [0.25, 0.3) is 4.85 Å². The van der Waals surface area contributed by atoms with E-state index in [0.29, 0.717) is 38.9 Å². The molecule has 0 aliphatic heterocycles. The molecule has 0 fully saturated rings. The standard InChI is InChI=1S/C15H33N.2C15H29N.C11H22.C8H12N4.CH4.2H2/c3*1-12(2)8-14(4,5)9-13(3)10-15(6,7)11-16;1-9(2)7-11(5,6)8-10(3)4;1-7(2,6-9)11-12-8(3,4)10-5;;;/h12-13H,8-11,16H2,1-7H3;2*12-13H,8-10H2,1-7H3;10H,1,7-8H2,2-6H3;1-4H3;1H4;2*1H. The van der Waals surface area contributed by atoms with Crippen molar-refractivity contribution in [3.8, 4) is 18.2 Å². The van der Waals surface area contributed by atoms with Gasteiger partial charge in [0.2, 0.25) is 0 Å². The molecule has 0 bridgehead atoms. The van der Waals surface area contributed by atoms with E-state index in [2.05, 4.69) is 186 Å². The molecule has 3 unspecified atom stereocenters. The molecule has 0 aromatic heterocycles. The Labute approximate surface area is 457 Å². The number of nitrogens with two attached hydrogens (primary N) is 1. The van der Waals surface area contributed by atoms with Crippen LogP contribution in [0, 0.1) is 120 Å². The second-order valence-electron chi connectivity index (χ2n) is 30.6. The Morgan fingerprint density at radius 1 is 0.472 bits per heavy atom. The predicted octanol–water partition coefficient (Wildman–Crippen LogP) is 22.1. The van der Waals surface area contributed by atoms with Crippen molar-refractivity contribution in [2.75, 3.05) is 6.54 Å². The maximum Gasteiger partial charge on any atom is 0.335 e. The van der Waals surface area contributed by atoms with E-state index < -0.39 is 11.2 Å². The summed E-state index contributed by atoms with van der Waals surface area (Å²) >= 11 is 0. The van der Waals surface area contributed by atoms with E-state index in [-0.39, 0.29) is 21.1 Å². The summed E-state index contributed by atoms with van der Waals surface area (Å²) in [5, 5.41) is 34.2. The summed E-state index contributed by atoms with van der Waals surface area (Å²) in [7, 11) is 0. The molecule has 0 aliphatic rings. The monoisotopic (exact) mass is 1010 g/mol. The van der Waals surface area contributed by atoms with Crippen molar-refractivity contribution in [1.29, 1.82) is 15.8 Å². The van der Waals surface area contributed by atoms with Crippen LogP contribution >= 0.6 is 0 Å². The lowest BCUT2D eigenvalue weighted by Gasteiger charge is -2.33. The highest BCUT2D eigenvalue weighted by Crippen LogP contribution is 2.39. The summed E-state index contributed by atoms with van der Waals surface area (Å²) in [6, 6.07) is 6.77. The number of azo groups is 1. The first-order valence-corrected chi connectivity index (χ1v) is 27.8. The number of rotatable bonds is 25. The van der Waals surface area contributed by atoms with Gasteiger partial charge in [0.25, 0.3) is 0 Å². The number of allylic oxidation sites excluding steroid dienone is 1. The highest BCUT2D eigenvalue weighted by molar-refractivity contribution is 5.00. The molecule has 0 saturated carbocycles. The molecule has 0 saturated heterocycles. The quantitative estimate of drug-likeness (QED) is 0.0555. The fourth-order valence-corrected chi connectivity index (χ4v) is 11.8. The van der Waals surface area contributed by atoms with E-state index >= 15 is 0 Å². The zero-order valence-corrected chi connectivity index (χ0v) is 53.5. The largest absolute Gasteiger partial charge is 0.335 e. The Bertz CT molecular complexity index is 1570. The predicted molar refractivity (Wildman–Crippen MR) is 325 cm³/mol. The molecule has 0 radical (unpaired) electrons. The maximum absolute atomic E-state index is 9.04. The molecule has 0 heterocycles. The van der Waals surface area contributed by atoms with Crippen molar-refractivity contribution in [3.63, 3.8) is 0 Å². The van der Waals surface area contributed by atoms with E-state index in [1.165, 1.54) is 56.9 Å². The van der Waals surface area contributed by atoms with E-state index in [0.717, 1.165) is 55.4 Å². The van der Waals surface area contributed by atoms with Crippen LogP contribution in [-0.2, 0) is 0 Å². The second-order valence-corrected chi connectivity index (χ2v) is 30.6. The molecular weight excluding hydrogens is 879 g/mol. The molecule has 0 rings (SSSR count). The summed E-state index contributed by atoms with van der Waals surface area (Å²) in [5.41, 5.74) is 7.09. The third-order valence-electron chi connectivity index (χ3n) is 12.2. The first kappa shape index (κ1) is 80.6. The van der Waals surface area contributed by atoms with E-state index in [9.17, 15) is 0 Å². The van der Waals surface area contributed by atoms with E-state index in [1.54, 1.807) is 27.7 Å². The number of hydrogen-bond donors (Lipinski definition) is 1. The van der Waals surface area contributed by atoms with Crippen LogP contribution in [0.2, 0.25) is 0 Å². The minimum Gasteiger partial charge on any atom is -0.330 e. The van der Waals surface area contributed by atoms with Crippen molar-refractivity contribution in [1.82, 2.24) is 0 Å². The molecular formula is C65H133N7. The van der Waals surface area contributed by atoms with Gasteiger partial charge in [0.05, 0.1) is 29.0 Å². The summed E-state index contributed by atoms with van der Waals surface area (Å²) in [5.74, 6) is 5.13. The first-order chi connectivity index (χ1) is 31.4. The first-order valence-electron chi connectivity index (χ1n) is 27.8. The van der Waals surface area contributed by atoms with Gasteiger partial charge in [-0.3, -0.25) is 4.85 Å². The highest BCUT2D eigenvalue weighted by atomic mass is 15.2. The smallest absolute Gasteiger partial charge is 0.330 e. The summed E-state index contributed by atoms with van der Waals surface area (Å²) in [6.07, 6.45) is 13.3.